The molecule has 42 heavy (non-hydrogen) atoms. The molecule has 1 fully saturated rings. The summed E-state index contributed by atoms with van der Waals surface area (Å²) in [6.45, 7) is 1.06. The van der Waals surface area contributed by atoms with E-state index in [0.717, 1.165) is 10.2 Å². The number of halogens is 4. The number of benzene rings is 3. The first-order valence-corrected chi connectivity index (χ1v) is 13.7. The predicted molar refractivity (Wildman–Crippen MR) is 150 cm³/mol. The van der Waals surface area contributed by atoms with Gasteiger partial charge in [0.1, 0.15) is 5.69 Å². The van der Waals surface area contributed by atoms with E-state index >= 15 is 4.39 Å². The number of anilines is 1. The van der Waals surface area contributed by atoms with E-state index in [2.05, 4.69) is 5.10 Å². The number of alkyl halides is 3. The molecule has 0 spiro atoms. The second kappa shape index (κ2) is 11.0. The molecule has 3 N–H and O–H groups in total. The number of fused-ring (bicyclic) bond motifs is 1. The van der Waals surface area contributed by atoms with Crippen molar-refractivity contribution in [2.75, 3.05) is 24.5 Å². The van der Waals surface area contributed by atoms with E-state index in [1.54, 1.807) is 30.3 Å². The van der Waals surface area contributed by atoms with E-state index < -0.39 is 29.7 Å². The minimum absolute atomic E-state index is 0.0199. The summed E-state index contributed by atoms with van der Waals surface area (Å²) >= 11 is 0. The van der Waals surface area contributed by atoms with Gasteiger partial charge in [-0.2, -0.15) is 18.3 Å². The maximum absolute atomic E-state index is 16.5. The van der Waals surface area contributed by atoms with E-state index in [0.29, 0.717) is 36.2 Å². The minimum atomic E-state index is -4.79. The number of amides is 1. The molecule has 0 bridgehead atoms. The summed E-state index contributed by atoms with van der Waals surface area (Å²) in [6.07, 6.45) is -4.87. The lowest BCUT2D eigenvalue weighted by Gasteiger charge is -2.30. The lowest BCUT2D eigenvalue weighted by atomic mass is 9.96. The Hall–Kier alpha value is -4.06. The molecule has 0 radical (unpaired) electrons. The number of aromatic nitrogens is 2. The van der Waals surface area contributed by atoms with Crippen LogP contribution in [-0.2, 0) is 25.7 Å². The zero-order valence-corrected chi connectivity index (χ0v) is 22.6. The van der Waals surface area contributed by atoms with Crippen LogP contribution in [0.4, 0.5) is 23.2 Å². The quantitative estimate of drug-likeness (QED) is 0.317. The lowest BCUT2D eigenvalue weighted by molar-refractivity contribution is -0.141. The van der Waals surface area contributed by atoms with Crippen LogP contribution in [0.5, 0.6) is 0 Å². The molecule has 1 aromatic heterocycles. The third kappa shape index (κ3) is 4.97. The van der Waals surface area contributed by atoms with Gasteiger partial charge in [-0.15, -0.1) is 0 Å². The fourth-order valence-corrected chi connectivity index (χ4v) is 5.92. The standard InChI is InChI=1S/C31H29F4N5O2/c32-27-24(18-38-14-12-21(41)17-38)22(19-6-2-1-3-7-19)10-11-26(27)39-15-13-23-28(30(39)42)40(37-29(23)31(33,34)35)25-9-5-4-8-20(25)16-36/h1-11,21,41H,12-18,36H2/t21-/m1/s1. The van der Waals surface area contributed by atoms with Gasteiger partial charge < -0.3 is 15.7 Å². The number of carbonyl (C=O) groups excluding carboxylic acids is 1. The maximum Gasteiger partial charge on any atom is 0.435 e. The van der Waals surface area contributed by atoms with Crippen molar-refractivity contribution >= 4 is 11.6 Å². The highest BCUT2D eigenvalue weighted by atomic mass is 19.4. The largest absolute Gasteiger partial charge is 0.435 e. The number of β-amino-alcohol motifs (C(OH)–C–C–N with tert-alkyl or cyclic N) is 1. The first-order valence-electron chi connectivity index (χ1n) is 13.7. The van der Waals surface area contributed by atoms with Gasteiger partial charge in [-0.3, -0.25) is 9.69 Å². The number of hydrogen-bond acceptors (Lipinski definition) is 5. The maximum atomic E-state index is 16.5. The SMILES string of the molecule is NCc1ccccc1-n1nc(C(F)(F)F)c2c1C(=O)N(c1ccc(-c3ccccc3)c(CN3CC[C@@H](O)C3)c1F)CC2. The fraction of sp³-hybridized carbons (Fsp3) is 0.290. The molecule has 3 aromatic carbocycles. The Morgan fingerprint density at radius 3 is 2.40 bits per heavy atom. The highest BCUT2D eigenvalue weighted by Gasteiger charge is 2.44. The summed E-state index contributed by atoms with van der Waals surface area (Å²) < 4.78 is 59.7. The molecule has 7 nitrogen and oxygen atoms in total. The van der Waals surface area contributed by atoms with E-state index in [1.807, 2.05) is 35.2 Å². The van der Waals surface area contributed by atoms with Gasteiger partial charge in [0.25, 0.3) is 5.91 Å². The van der Waals surface area contributed by atoms with Crippen LogP contribution in [0, 0.1) is 5.82 Å². The van der Waals surface area contributed by atoms with Gasteiger partial charge in [0, 0.05) is 43.9 Å². The van der Waals surface area contributed by atoms with Crippen LogP contribution in [0.1, 0.15) is 39.3 Å². The van der Waals surface area contributed by atoms with Gasteiger partial charge in [-0.25, -0.2) is 9.07 Å². The molecular formula is C31H29F4N5O2. The molecule has 0 saturated carbocycles. The minimum Gasteiger partial charge on any atom is -0.392 e. The van der Waals surface area contributed by atoms with Crippen LogP contribution >= 0.6 is 0 Å². The average molecular weight is 580 g/mol. The summed E-state index contributed by atoms with van der Waals surface area (Å²) in [4.78, 5) is 17.2. The van der Waals surface area contributed by atoms with Crippen molar-refractivity contribution in [3.05, 3.63) is 101 Å². The summed E-state index contributed by atoms with van der Waals surface area (Å²) in [5.41, 5.74) is 6.78. The van der Waals surface area contributed by atoms with Crippen LogP contribution in [0.25, 0.3) is 16.8 Å². The molecule has 11 heteroatoms. The number of hydrogen-bond donors (Lipinski definition) is 2. The van der Waals surface area contributed by atoms with Gasteiger partial charge >= 0.3 is 6.18 Å². The number of para-hydroxylation sites is 1. The van der Waals surface area contributed by atoms with Gasteiger partial charge in [0.2, 0.25) is 0 Å². The van der Waals surface area contributed by atoms with Gasteiger partial charge in [-0.1, -0.05) is 54.6 Å². The highest BCUT2D eigenvalue weighted by molar-refractivity contribution is 6.08. The summed E-state index contributed by atoms with van der Waals surface area (Å²) in [7, 11) is 0. The molecule has 6 rings (SSSR count). The van der Waals surface area contributed by atoms with Crippen molar-refractivity contribution in [1.29, 1.82) is 0 Å². The number of carbonyl (C=O) groups is 1. The van der Waals surface area contributed by atoms with Crippen molar-refractivity contribution in [2.45, 2.75) is 38.2 Å². The highest BCUT2D eigenvalue weighted by Crippen LogP contribution is 2.39. The topological polar surface area (TPSA) is 87.6 Å². The van der Waals surface area contributed by atoms with E-state index in [1.165, 1.54) is 11.0 Å². The van der Waals surface area contributed by atoms with E-state index in [4.69, 9.17) is 5.73 Å². The van der Waals surface area contributed by atoms with Gasteiger partial charge in [0.15, 0.2) is 11.5 Å². The zero-order chi connectivity index (χ0) is 29.6. The number of nitrogens with zero attached hydrogens (tertiary/aromatic N) is 4. The number of aliphatic hydroxyl groups excluding tert-OH is 1. The Kier molecular flexibility index (Phi) is 7.34. The van der Waals surface area contributed by atoms with Crippen LogP contribution in [0.15, 0.2) is 66.7 Å². The number of nitrogens with two attached hydrogens (primary N) is 1. The van der Waals surface area contributed by atoms with Crippen molar-refractivity contribution in [2.24, 2.45) is 5.73 Å². The summed E-state index contributed by atoms with van der Waals surface area (Å²) in [6, 6.07) is 19.1. The third-order valence-electron chi connectivity index (χ3n) is 7.95. The van der Waals surface area contributed by atoms with Crippen LogP contribution in [-0.4, -0.2) is 51.4 Å². The Morgan fingerprint density at radius 2 is 1.71 bits per heavy atom. The first-order chi connectivity index (χ1) is 20.2. The summed E-state index contributed by atoms with van der Waals surface area (Å²) in [5.74, 6) is -1.40. The number of aliphatic hydroxyl groups is 1. The first kappa shape index (κ1) is 28.1. The number of rotatable bonds is 6. The lowest BCUT2D eigenvalue weighted by Crippen LogP contribution is -2.40. The third-order valence-corrected chi connectivity index (χ3v) is 7.95. The molecule has 2 aliphatic heterocycles. The smallest absolute Gasteiger partial charge is 0.392 e. The van der Waals surface area contributed by atoms with E-state index in [-0.39, 0.29) is 48.7 Å². The van der Waals surface area contributed by atoms with Crippen LogP contribution in [0.2, 0.25) is 0 Å². The van der Waals surface area contributed by atoms with Gasteiger partial charge in [0.05, 0.1) is 17.5 Å². The number of likely N-dealkylation sites (tertiary alicyclic amines) is 1. The molecular weight excluding hydrogens is 550 g/mol. The van der Waals surface area contributed by atoms with Crippen molar-refractivity contribution in [3.63, 3.8) is 0 Å². The van der Waals surface area contributed by atoms with Gasteiger partial charge in [-0.05, 0) is 41.7 Å². The molecule has 3 heterocycles. The Morgan fingerprint density at radius 1 is 0.976 bits per heavy atom. The Bertz CT molecular complexity index is 1640. The van der Waals surface area contributed by atoms with Crippen molar-refractivity contribution < 1.29 is 27.5 Å². The van der Waals surface area contributed by atoms with Crippen LogP contribution in [0.3, 0.4) is 0 Å². The molecule has 4 aromatic rings. The molecule has 218 valence electrons. The molecule has 1 atom stereocenters. The summed E-state index contributed by atoms with van der Waals surface area (Å²) in [5, 5.41) is 13.9. The van der Waals surface area contributed by atoms with Crippen LogP contribution < -0.4 is 10.6 Å². The average Bonchev–Trinajstić information content (AvgIpc) is 3.59. The molecule has 0 aliphatic carbocycles. The Labute approximate surface area is 239 Å². The fourth-order valence-electron chi connectivity index (χ4n) is 5.92. The zero-order valence-electron chi connectivity index (χ0n) is 22.6. The molecule has 0 unspecified atom stereocenters. The second-order valence-corrected chi connectivity index (χ2v) is 10.6. The van der Waals surface area contributed by atoms with E-state index in [9.17, 15) is 23.1 Å². The monoisotopic (exact) mass is 579 g/mol. The predicted octanol–water partition coefficient (Wildman–Crippen LogP) is 4.93. The normalized spacial score (nSPS) is 17.6. The second-order valence-electron chi connectivity index (χ2n) is 10.6. The molecule has 1 amide bonds. The molecule has 2 aliphatic rings. The Balaban J connectivity index is 1.47. The van der Waals surface area contributed by atoms with Crippen molar-refractivity contribution in [1.82, 2.24) is 14.7 Å². The van der Waals surface area contributed by atoms with Crippen molar-refractivity contribution in [3.8, 4) is 16.8 Å². The molecule has 1 saturated heterocycles.